The number of aliphatic hydroxyl groups excluding tert-OH is 1. The van der Waals surface area contributed by atoms with Crippen LogP contribution in [0.5, 0.6) is 5.75 Å². The Morgan fingerprint density at radius 2 is 1.97 bits per heavy atom. The maximum atomic E-state index is 9.36. The third-order valence-corrected chi connectivity index (χ3v) is 6.05. The zero-order chi connectivity index (χ0) is 20.4. The number of aryl methyl sites for hydroxylation is 1. The fourth-order valence-corrected chi connectivity index (χ4v) is 4.42. The van der Waals surface area contributed by atoms with E-state index in [1.165, 1.54) is 0 Å². The maximum Gasteiger partial charge on any atom is 0.135 e. The molecule has 0 bridgehead atoms. The van der Waals surface area contributed by atoms with Gasteiger partial charge in [-0.1, -0.05) is 30.3 Å². The van der Waals surface area contributed by atoms with Gasteiger partial charge in [-0.3, -0.25) is 4.90 Å². The molecule has 3 aromatic rings. The van der Waals surface area contributed by atoms with E-state index in [1.54, 1.807) is 7.11 Å². The van der Waals surface area contributed by atoms with Crippen molar-refractivity contribution in [3.05, 3.63) is 53.8 Å². The van der Waals surface area contributed by atoms with Gasteiger partial charge in [-0.15, -0.1) is 0 Å². The van der Waals surface area contributed by atoms with Gasteiger partial charge < -0.3 is 19.2 Å². The van der Waals surface area contributed by atoms with E-state index in [1.807, 2.05) is 13.0 Å². The number of piperazine rings is 1. The molecule has 1 aliphatic heterocycles. The van der Waals surface area contributed by atoms with Gasteiger partial charge in [0.2, 0.25) is 0 Å². The first-order valence-electron chi connectivity index (χ1n) is 10.3. The predicted octanol–water partition coefficient (Wildman–Crippen LogP) is 3.92. The number of aliphatic hydroxyl groups is 1. The van der Waals surface area contributed by atoms with Crippen LogP contribution in [0.3, 0.4) is 0 Å². The van der Waals surface area contributed by atoms with Gasteiger partial charge in [0.05, 0.1) is 7.11 Å². The number of furan rings is 1. The Kier molecular flexibility index (Phi) is 5.90. The molecule has 0 amide bonds. The zero-order valence-corrected chi connectivity index (χ0v) is 17.5. The molecule has 1 aliphatic rings. The number of hydrogen-bond acceptors (Lipinski definition) is 5. The molecule has 1 atom stereocenters. The molecule has 5 heteroatoms. The minimum Gasteiger partial charge on any atom is -0.496 e. The van der Waals surface area contributed by atoms with Crippen molar-refractivity contribution in [1.29, 1.82) is 0 Å². The lowest BCUT2D eigenvalue weighted by Crippen LogP contribution is -2.51. The lowest BCUT2D eigenvalue weighted by molar-refractivity contribution is 0.0738. The highest BCUT2D eigenvalue weighted by molar-refractivity contribution is 5.97. The van der Waals surface area contributed by atoms with Crippen molar-refractivity contribution in [3.63, 3.8) is 0 Å². The van der Waals surface area contributed by atoms with Gasteiger partial charge in [-0.2, -0.15) is 0 Å². The third kappa shape index (κ3) is 4.04. The smallest absolute Gasteiger partial charge is 0.135 e. The summed E-state index contributed by atoms with van der Waals surface area (Å²) in [5, 5.41) is 10.4. The highest BCUT2D eigenvalue weighted by Crippen LogP contribution is 2.38. The van der Waals surface area contributed by atoms with E-state index >= 15 is 0 Å². The molecule has 5 nitrogen and oxygen atoms in total. The van der Waals surface area contributed by atoms with Gasteiger partial charge in [0.15, 0.2) is 0 Å². The van der Waals surface area contributed by atoms with Crippen LogP contribution < -0.4 is 4.74 Å². The fourth-order valence-electron chi connectivity index (χ4n) is 4.42. The second kappa shape index (κ2) is 8.57. The van der Waals surface area contributed by atoms with Crippen molar-refractivity contribution < 1.29 is 14.3 Å². The number of rotatable bonds is 6. The lowest BCUT2D eigenvalue weighted by Gasteiger charge is -2.39. The quantitative estimate of drug-likeness (QED) is 0.687. The Morgan fingerprint density at radius 3 is 2.69 bits per heavy atom. The normalized spacial score (nSPS) is 18.4. The van der Waals surface area contributed by atoms with Crippen LogP contribution in [0, 0.1) is 6.92 Å². The van der Waals surface area contributed by atoms with Gasteiger partial charge in [0.25, 0.3) is 0 Å². The Hall–Kier alpha value is -2.34. The molecule has 4 rings (SSSR count). The van der Waals surface area contributed by atoms with Gasteiger partial charge in [-0.25, -0.2) is 0 Å². The minimum atomic E-state index is 0.228. The number of methoxy groups -OCH3 is 1. The second-order valence-electron chi connectivity index (χ2n) is 7.94. The van der Waals surface area contributed by atoms with Gasteiger partial charge >= 0.3 is 0 Å². The topological polar surface area (TPSA) is 49.1 Å². The SMILES string of the molecule is COc1cc2c(-c3ccccc3)c(C)oc2cc1CN1CCN(C)[C@H](CCO)C1. The lowest BCUT2D eigenvalue weighted by atomic mass is 10.0. The summed E-state index contributed by atoms with van der Waals surface area (Å²) in [5.41, 5.74) is 4.33. The molecule has 0 saturated carbocycles. The monoisotopic (exact) mass is 394 g/mol. The molecule has 1 aromatic heterocycles. The molecule has 0 aliphatic carbocycles. The molecule has 2 heterocycles. The largest absolute Gasteiger partial charge is 0.496 e. The first-order valence-corrected chi connectivity index (χ1v) is 10.3. The molecule has 1 N–H and O–H groups in total. The van der Waals surface area contributed by atoms with Crippen molar-refractivity contribution in [3.8, 4) is 16.9 Å². The van der Waals surface area contributed by atoms with Crippen LogP contribution in [-0.4, -0.2) is 61.3 Å². The summed E-state index contributed by atoms with van der Waals surface area (Å²) in [7, 11) is 3.87. The average Bonchev–Trinajstić information content (AvgIpc) is 3.05. The molecular formula is C24H30N2O3. The van der Waals surface area contributed by atoms with E-state index < -0.39 is 0 Å². The maximum absolute atomic E-state index is 9.36. The number of benzene rings is 2. The summed E-state index contributed by atoms with van der Waals surface area (Å²) in [4.78, 5) is 4.78. The summed E-state index contributed by atoms with van der Waals surface area (Å²) >= 11 is 0. The highest BCUT2D eigenvalue weighted by atomic mass is 16.5. The fraction of sp³-hybridized carbons (Fsp3) is 0.417. The molecule has 0 spiro atoms. The Bertz CT molecular complexity index is 967. The van der Waals surface area contributed by atoms with Crippen molar-refractivity contribution in [2.24, 2.45) is 0 Å². The average molecular weight is 395 g/mol. The summed E-state index contributed by atoms with van der Waals surface area (Å²) in [6.07, 6.45) is 0.807. The molecule has 29 heavy (non-hydrogen) atoms. The zero-order valence-electron chi connectivity index (χ0n) is 17.5. The van der Waals surface area contributed by atoms with Crippen LogP contribution in [0.2, 0.25) is 0 Å². The predicted molar refractivity (Wildman–Crippen MR) is 116 cm³/mol. The Labute approximate surface area is 172 Å². The minimum absolute atomic E-state index is 0.228. The van der Waals surface area contributed by atoms with Crippen LogP contribution in [0.1, 0.15) is 17.7 Å². The summed E-state index contributed by atoms with van der Waals surface area (Å²) in [6.45, 7) is 6.03. The van der Waals surface area contributed by atoms with Crippen molar-refractivity contribution in [2.75, 3.05) is 40.4 Å². The van der Waals surface area contributed by atoms with Crippen molar-refractivity contribution in [1.82, 2.24) is 9.80 Å². The van der Waals surface area contributed by atoms with E-state index in [9.17, 15) is 5.11 Å². The number of nitrogens with zero attached hydrogens (tertiary/aromatic N) is 2. The van der Waals surface area contributed by atoms with E-state index in [0.29, 0.717) is 6.04 Å². The van der Waals surface area contributed by atoms with E-state index in [4.69, 9.17) is 9.15 Å². The number of hydrogen-bond donors (Lipinski definition) is 1. The summed E-state index contributed by atoms with van der Waals surface area (Å²) in [5.74, 6) is 1.82. The van der Waals surface area contributed by atoms with E-state index in [-0.39, 0.29) is 6.61 Å². The van der Waals surface area contributed by atoms with Gasteiger partial charge in [-0.05, 0) is 38.1 Å². The third-order valence-electron chi connectivity index (χ3n) is 6.05. The van der Waals surface area contributed by atoms with Crippen molar-refractivity contribution >= 4 is 11.0 Å². The Balaban J connectivity index is 1.66. The number of ether oxygens (including phenoxy) is 1. The van der Waals surface area contributed by atoms with E-state index in [2.05, 4.69) is 53.2 Å². The number of likely N-dealkylation sites (N-methyl/N-ethyl adjacent to an activating group) is 1. The first-order chi connectivity index (χ1) is 14.1. The van der Waals surface area contributed by atoms with Crippen LogP contribution in [0.4, 0.5) is 0 Å². The molecule has 0 unspecified atom stereocenters. The number of fused-ring (bicyclic) bond motifs is 1. The van der Waals surface area contributed by atoms with Crippen LogP contribution in [0.25, 0.3) is 22.1 Å². The van der Waals surface area contributed by atoms with E-state index in [0.717, 1.165) is 71.8 Å². The molecule has 1 saturated heterocycles. The first kappa shape index (κ1) is 20.0. The second-order valence-corrected chi connectivity index (χ2v) is 7.94. The Morgan fingerprint density at radius 1 is 1.17 bits per heavy atom. The van der Waals surface area contributed by atoms with Crippen LogP contribution >= 0.6 is 0 Å². The molecular weight excluding hydrogens is 364 g/mol. The van der Waals surface area contributed by atoms with Crippen LogP contribution in [0.15, 0.2) is 46.9 Å². The van der Waals surface area contributed by atoms with Gasteiger partial charge in [0.1, 0.15) is 17.1 Å². The highest BCUT2D eigenvalue weighted by Gasteiger charge is 2.25. The molecule has 2 aromatic carbocycles. The van der Waals surface area contributed by atoms with Crippen molar-refractivity contribution in [2.45, 2.75) is 25.9 Å². The van der Waals surface area contributed by atoms with Gasteiger partial charge in [0, 0.05) is 55.3 Å². The molecule has 1 fully saturated rings. The molecule has 154 valence electrons. The summed E-state index contributed by atoms with van der Waals surface area (Å²) in [6, 6.07) is 15.0. The summed E-state index contributed by atoms with van der Waals surface area (Å²) < 4.78 is 11.9. The standard InChI is InChI=1S/C24H30N2O3/c1-17-24(18-7-5-4-6-8-18)21-14-22(28-3)19(13-23(21)29-17)15-26-11-10-25(2)20(16-26)9-12-27/h4-8,13-14,20,27H,9-12,15-16H2,1-3H3/t20-/m1/s1. The van der Waals surface area contributed by atoms with Crippen LogP contribution in [-0.2, 0) is 6.54 Å². The molecule has 0 radical (unpaired) electrons.